The number of benzene rings is 9. The molecule has 0 aliphatic carbocycles. The van der Waals surface area contributed by atoms with Gasteiger partial charge in [0.15, 0.2) is 11.5 Å². The van der Waals surface area contributed by atoms with E-state index in [1.54, 1.807) is 0 Å². The lowest BCUT2D eigenvalue weighted by Crippen LogP contribution is -2.08. The lowest BCUT2D eigenvalue weighted by Gasteiger charge is -2.21. The van der Waals surface area contributed by atoms with Crippen LogP contribution in [0.5, 0.6) is 0 Å². The van der Waals surface area contributed by atoms with E-state index in [9.17, 15) is 10.5 Å². The van der Waals surface area contributed by atoms with Crippen molar-refractivity contribution >= 4 is 49.3 Å². The van der Waals surface area contributed by atoms with Crippen molar-refractivity contribution in [3.63, 3.8) is 0 Å². The number of hydrogen-bond acceptors (Lipinski definition) is 4. The van der Waals surface area contributed by atoms with Crippen LogP contribution in [0.15, 0.2) is 212 Å². The summed E-state index contributed by atoms with van der Waals surface area (Å²) < 4.78 is 4.52. The molecule has 314 valence electrons. The summed E-state index contributed by atoms with van der Waals surface area (Å²) in [7, 11) is 0. The van der Waals surface area contributed by atoms with Gasteiger partial charge in [0.25, 0.3) is 0 Å². The molecule has 0 saturated carbocycles. The molecule has 9 aromatic carbocycles. The van der Waals surface area contributed by atoms with E-state index in [0.29, 0.717) is 22.6 Å². The van der Waals surface area contributed by atoms with Crippen LogP contribution in [-0.2, 0) is 0 Å². The first kappa shape index (κ1) is 39.7. The molecule has 68 heavy (non-hydrogen) atoms. The summed E-state index contributed by atoms with van der Waals surface area (Å²) in [6, 6.07) is 76.2. The summed E-state index contributed by atoms with van der Waals surface area (Å²) in [6.45, 7) is 7.56. The molecule has 0 bridgehead atoms. The summed E-state index contributed by atoms with van der Waals surface area (Å²) in [5.74, 6) is 0.491. The van der Waals surface area contributed by atoms with E-state index in [4.69, 9.17) is 16.5 Å². The summed E-state index contributed by atoms with van der Waals surface area (Å²) in [6.07, 6.45) is 0. The molecule has 0 unspecified atom stereocenters. The second kappa shape index (κ2) is 16.3. The highest BCUT2D eigenvalue weighted by atomic mass is 15.0. The van der Waals surface area contributed by atoms with Gasteiger partial charge in [0.05, 0.1) is 80.2 Å². The molecule has 12 aromatic rings. The van der Waals surface area contributed by atoms with E-state index >= 15 is 0 Å². The Kier molecular flexibility index (Phi) is 9.51. The highest BCUT2D eigenvalue weighted by molar-refractivity contribution is 6.13. The second-order valence-electron chi connectivity index (χ2n) is 16.7. The van der Waals surface area contributed by atoms with Crippen LogP contribution in [0.25, 0.3) is 116 Å². The molecule has 0 radical (unpaired) electrons. The zero-order valence-electron chi connectivity index (χ0n) is 36.3. The van der Waals surface area contributed by atoms with Crippen molar-refractivity contribution < 1.29 is 0 Å². The van der Waals surface area contributed by atoms with E-state index in [1.165, 1.54) is 0 Å². The number of nitriles is 2. The SMILES string of the molecule is [C-]#[N+]c1ccc(-c2ccc3c4ccccc4n(-c4cc(C#N)cc(-n5c6ccccc6c6ccc(-c7ccc(C#N)cc7)cc65)c4-c4nc(-c5ccccc5)cc(-c5ccccc5)n4)c3c2)cc1. The molecule has 0 fully saturated rings. The van der Waals surface area contributed by atoms with Gasteiger partial charge in [-0.1, -0.05) is 158 Å². The highest BCUT2D eigenvalue weighted by Crippen LogP contribution is 2.44. The van der Waals surface area contributed by atoms with Crippen molar-refractivity contribution in [2.45, 2.75) is 0 Å². The second-order valence-corrected chi connectivity index (χ2v) is 16.7. The van der Waals surface area contributed by atoms with Crippen molar-refractivity contribution in [1.29, 1.82) is 10.5 Å². The van der Waals surface area contributed by atoms with Crippen LogP contribution in [0.2, 0.25) is 0 Å². The smallest absolute Gasteiger partial charge is 0.187 e. The molecule has 3 aromatic heterocycles. The van der Waals surface area contributed by atoms with Crippen LogP contribution in [0.1, 0.15) is 11.1 Å². The van der Waals surface area contributed by atoms with Crippen LogP contribution in [0, 0.1) is 29.2 Å². The molecule has 0 aliphatic rings. The monoisotopic (exact) mass is 865 g/mol. The Labute approximate surface area is 391 Å². The van der Waals surface area contributed by atoms with Crippen molar-refractivity contribution in [2.75, 3.05) is 0 Å². The topological polar surface area (TPSA) is 87.6 Å². The van der Waals surface area contributed by atoms with E-state index in [0.717, 1.165) is 105 Å². The summed E-state index contributed by atoms with van der Waals surface area (Å²) in [4.78, 5) is 14.6. The highest BCUT2D eigenvalue weighted by Gasteiger charge is 2.26. The first-order valence-electron chi connectivity index (χ1n) is 22.2. The number of para-hydroxylation sites is 2. The van der Waals surface area contributed by atoms with Crippen molar-refractivity contribution in [1.82, 2.24) is 19.1 Å². The van der Waals surface area contributed by atoms with Gasteiger partial charge in [-0.2, -0.15) is 10.5 Å². The largest absolute Gasteiger partial charge is 0.308 e. The summed E-state index contributed by atoms with van der Waals surface area (Å²) in [5.41, 5.74) is 15.0. The molecule has 0 amide bonds. The van der Waals surface area contributed by atoms with Crippen LogP contribution in [-0.4, -0.2) is 19.1 Å². The number of fused-ring (bicyclic) bond motifs is 6. The molecule has 7 nitrogen and oxygen atoms in total. The molecule has 0 atom stereocenters. The Hall–Kier alpha value is -9.87. The number of hydrogen-bond donors (Lipinski definition) is 0. The van der Waals surface area contributed by atoms with Gasteiger partial charge in [-0.15, -0.1) is 0 Å². The minimum atomic E-state index is 0.465. The van der Waals surface area contributed by atoms with Crippen LogP contribution >= 0.6 is 0 Å². The Morgan fingerprint density at radius 1 is 0.382 bits per heavy atom. The molecule has 0 N–H and O–H groups in total. The molecule has 12 rings (SSSR count). The fraction of sp³-hybridized carbons (Fsp3) is 0. The van der Waals surface area contributed by atoms with Crippen LogP contribution < -0.4 is 0 Å². The Morgan fingerprint density at radius 3 is 1.28 bits per heavy atom. The number of nitrogens with zero attached hydrogens (tertiary/aromatic N) is 7. The molecule has 0 spiro atoms. The van der Waals surface area contributed by atoms with Gasteiger partial charge < -0.3 is 9.13 Å². The third-order valence-electron chi connectivity index (χ3n) is 12.8. The fourth-order valence-electron chi connectivity index (χ4n) is 9.62. The number of aromatic nitrogens is 4. The lowest BCUT2D eigenvalue weighted by atomic mass is 10.0. The van der Waals surface area contributed by atoms with Gasteiger partial charge in [-0.05, 0) is 76.9 Å². The van der Waals surface area contributed by atoms with E-state index < -0.39 is 0 Å². The average Bonchev–Trinajstić information content (AvgIpc) is 3.93. The molecular weight excluding hydrogens is 831 g/mol. The van der Waals surface area contributed by atoms with Gasteiger partial charge in [0, 0.05) is 32.7 Å². The quantitative estimate of drug-likeness (QED) is 0.149. The van der Waals surface area contributed by atoms with Crippen LogP contribution in [0.3, 0.4) is 0 Å². The Morgan fingerprint density at radius 2 is 0.809 bits per heavy atom. The molecule has 0 aliphatic heterocycles. The molecule has 3 heterocycles. The maximum absolute atomic E-state index is 11.1. The maximum atomic E-state index is 11.1. The predicted octanol–water partition coefficient (Wildman–Crippen LogP) is 15.3. The van der Waals surface area contributed by atoms with Crippen molar-refractivity contribution in [3.8, 4) is 79.7 Å². The van der Waals surface area contributed by atoms with Gasteiger partial charge in [0.1, 0.15) is 0 Å². The zero-order valence-corrected chi connectivity index (χ0v) is 36.3. The average molecular weight is 866 g/mol. The minimum absolute atomic E-state index is 0.465. The minimum Gasteiger partial charge on any atom is -0.308 e. The Bertz CT molecular complexity index is 3830. The fourth-order valence-corrected chi connectivity index (χ4v) is 9.62. The zero-order chi connectivity index (χ0) is 45.7. The first-order chi connectivity index (χ1) is 33.6. The maximum Gasteiger partial charge on any atom is 0.187 e. The predicted molar refractivity (Wildman–Crippen MR) is 274 cm³/mol. The van der Waals surface area contributed by atoms with Crippen molar-refractivity contribution in [3.05, 3.63) is 235 Å². The van der Waals surface area contributed by atoms with E-state index in [1.807, 2.05) is 115 Å². The third kappa shape index (κ3) is 6.65. The van der Waals surface area contributed by atoms with Crippen molar-refractivity contribution in [2.24, 2.45) is 0 Å². The summed E-state index contributed by atoms with van der Waals surface area (Å²) in [5, 5.41) is 24.9. The third-order valence-corrected chi connectivity index (χ3v) is 12.8. The van der Waals surface area contributed by atoms with Gasteiger partial charge >= 0.3 is 0 Å². The van der Waals surface area contributed by atoms with Gasteiger partial charge in [0.2, 0.25) is 0 Å². The van der Waals surface area contributed by atoms with Crippen LogP contribution in [0.4, 0.5) is 5.69 Å². The standard InChI is InChI=1S/C61H35N7/c1-64-47-28-24-42(25-29-47)46-27-31-51-49-17-9-11-19-55(49)68(57(51)35-46)59-33-40(38-63)32-58(60(59)61-65-52(43-12-4-2-5-13-43)36-53(66-61)44-14-6-3-7-15-44)67-54-18-10-8-16-48(54)50-30-26-45(34-56(50)67)41-22-20-39(37-62)21-23-41/h2-36H. The summed E-state index contributed by atoms with van der Waals surface area (Å²) >= 11 is 0. The molecule has 7 heteroatoms. The van der Waals surface area contributed by atoms with Gasteiger partial charge in [-0.3, -0.25) is 0 Å². The van der Waals surface area contributed by atoms with E-state index in [-0.39, 0.29) is 0 Å². The number of rotatable bonds is 7. The van der Waals surface area contributed by atoms with Gasteiger partial charge in [-0.25, -0.2) is 14.8 Å². The molecule has 0 saturated heterocycles. The molecular formula is C61H35N7. The van der Waals surface area contributed by atoms with E-state index in [2.05, 4.69) is 123 Å². The normalized spacial score (nSPS) is 11.2. The lowest BCUT2D eigenvalue weighted by molar-refractivity contribution is 1.10. The first-order valence-corrected chi connectivity index (χ1v) is 22.2. The Balaban J connectivity index is 1.24.